The number of hydrogen-bond acceptors (Lipinski definition) is 0. The predicted octanol–water partition coefficient (Wildman–Crippen LogP) is 4.90. The first-order valence-electron chi connectivity index (χ1n) is 5.73. The molecule has 2 rings (SSSR count). The van der Waals surface area contributed by atoms with E-state index in [4.69, 9.17) is 0 Å². The van der Waals surface area contributed by atoms with Gasteiger partial charge < -0.3 is 0 Å². The highest BCUT2D eigenvalue weighted by molar-refractivity contribution is 5.90. The Bertz CT molecular complexity index is 508. The lowest BCUT2D eigenvalue weighted by molar-refractivity contribution is 0.547. The molecule has 0 fully saturated rings. The predicted molar refractivity (Wildman–Crippen MR) is 72.4 cm³/mol. The Labute approximate surface area is 97.6 Å². The summed E-state index contributed by atoms with van der Waals surface area (Å²) in [7, 11) is 0. The first kappa shape index (κ1) is 10.9. The van der Waals surface area contributed by atoms with Gasteiger partial charge in [-0.2, -0.15) is 0 Å². The first-order chi connectivity index (χ1) is 7.56. The van der Waals surface area contributed by atoms with E-state index in [1.807, 2.05) is 0 Å². The molecule has 0 bridgehead atoms. The standard InChI is InChI=1S/C16H18/c1-16(2,3)12-11-14-9-6-8-13-7-4-5-10-15(13)14/h4-12H,1-3H3/b12-11+. The molecule has 0 atom stereocenters. The summed E-state index contributed by atoms with van der Waals surface area (Å²) in [6.45, 7) is 6.65. The molecule has 0 aromatic heterocycles. The fourth-order valence-electron chi connectivity index (χ4n) is 1.74. The first-order valence-corrected chi connectivity index (χ1v) is 5.73. The minimum absolute atomic E-state index is 0.233. The van der Waals surface area contributed by atoms with Gasteiger partial charge in [0.25, 0.3) is 0 Å². The van der Waals surface area contributed by atoms with Gasteiger partial charge in [0.05, 0.1) is 0 Å². The summed E-state index contributed by atoms with van der Waals surface area (Å²) in [5.41, 5.74) is 1.53. The minimum atomic E-state index is 0.233. The van der Waals surface area contributed by atoms with Crippen LogP contribution in [0.25, 0.3) is 16.8 Å². The number of rotatable bonds is 1. The summed E-state index contributed by atoms with van der Waals surface area (Å²) in [5.74, 6) is 0. The fraction of sp³-hybridized carbons (Fsp3) is 0.250. The summed E-state index contributed by atoms with van der Waals surface area (Å²) < 4.78 is 0. The van der Waals surface area contributed by atoms with Crippen LogP contribution in [0.2, 0.25) is 0 Å². The van der Waals surface area contributed by atoms with Crippen LogP contribution in [-0.4, -0.2) is 0 Å². The van der Waals surface area contributed by atoms with Gasteiger partial charge in [-0.05, 0) is 21.8 Å². The van der Waals surface area contributed by atoms with Crippen LogP contribution in [0.15, 0.2) is 48.5 Å². The number of allylic oxidation sites excluding steroid dienone is 1. The van der Waals surface area contributed by atoms with Crippen molar-refractivity contribution in [2.45, 2.75) is 20.8 Å². The van der Waals surface area contributed by atoms with Crippen molar-refractivity contribution in [3.63, 3.8) is 0 Å². The average Bonchev–Trinajstić information content (AvgIpc) is 2.25. The van der Waals surface area contributed by atoms with Gasteiger partial charge in [0.2, 0.25) is 0 Å². The fourth-order valence-corrected chi connectivity index (χ4v) is 1.74. The van der Waals surface area contributed by atoms with E-state index in [1.54, 1.807) is 0 Å². The van der Waals surface area contributed by atoms with Crippen molar-refractivity contribution in [2.24, 2.45) is 5.41 Å². The molecule has 2 aromatic rings. The zero-order valence-corrected chi connectivity index (χ0v) is 10.2. The van der Waals surface area contributed by atoms with Crippen molar-refractivity contribution in [2.75, 3.05) is 0 Å². The van der Waals surface area contributed by atoms with Crippen LogP contribution in [-0.2, 0) is 0 Å². The maximum Gasteiger partial charge on any atom is -0.0112 e. The van der Waals surface area contributed by atoms with Crippen LogP contribution >= 0.6 is 0 Å². The molecule has 0 aliphatic rings. The molecule has 16 heavy (non-hydrogen) atoms. The largest absolute Gasteiger partial charge is 0.0785 e. The second-order valence-corrected chi connectivity index (χ2v) is 5.27. The average molecular weight is 210 g/mol. The van der Waals surface area contributed by atoms with E-state index in [9.17, 15) is 0 Å². The molecule has 0 heterocycles. The van der Waals surface area contributed by atoms with Crippen LogP contribution in [0.5, 0.6) is 0 Å². The normalized spacial score (nSPS) is 12.4. The molecule has 0 spiro atoms. The molecule has 0 nitrogen and oxygen atoms in total. The van der Waals surface area contributed by atoms with Crippen molar-refractivity contribution in [3.8, 4) is 0 Å². The van der Waals surface area contributed by atoms with Crippen molar-refractivity contribution in [1.82, 2.24) is 0 Å². The maximum absolute atomic E-state index is 2.26. The van der Waals surface area contributed by atoms with Gasteiger partial charge in [-0.1, -0.05) is 75.4 Å². The zero-order valence-electron chi connectivity index (χ0n) is 10.2. The lowest BCUT2D eigenvalue weighted by atomic mass is 9.94. The molecular weight excluding hydrogens is 192 g/mol. The Hall–Kier alpha value is -1.56. The molecule has 0 radical (unpaired) electrons. The van der Waals surface area contributed by atoms with E-state index >= 15 is 0 Å². The maximum atomic E-state index is 2.26. The minimum Gasteiger partial charge on any atom is -0.0785 e. The van der Waals surface area contributed by atoms with Crippen molar-refractivity contribution in [3.05, 3.63) is 54.1 Å². The van der Waals surface area contributed by atoms with E-state index in [0.717, 1.165) is 0 Å². The van der Waals surface area contributed by atoms with E-state index in [-0.39, 0.29) is 5.41 Å². The highest BCUT2D eigenvalue weighted by atomic mass is 14.1. The van der Waals surface area contributed by atoms with Gasteiger partial charge in [-0.3, -0.25) is 0 Å². The van der Waals surface area contributed by atoms with Crippen molar-refractivity contribution in [1.29, 1.82) is 0 Å². The molecule has 2 aromatic carbocycles. The SMILES string of the molecule is CC(C)(C)/C=C/c1cccc2ccccc12. The Kier molecular flexibility index (Phi) is 2.82. The summed E-state index contributed by atoms with van der Waals surface area (Å²) in [6.07, 6.45) is 4.48. The Balaban J connectivity index is 2.49. The Morgan fingerprint density at radius 1 is 0.875 bits per heavy atom. The monoisotopic (exact) mass is 210 g/mol. The van der Waals surface area contributed by atoms with E-state index in [0.29, 0.717) is 0 Å². The zero-order chi connectivity index (χ0) is 11.6. The van der Waals surface area contributed by atoms with Gasteiger partial charge in [0.1, 0.15) is 0 Å². The highest BCUT2D eigenvalue weighted by Gasteiger charge is 2.04. The van der Waals surface area contributed by atoms with Gasteiger partial charge >= 0.3 is 0 Å². The number of hydrogen-bond donors (Lipinski definition) is 0. The van der Waals surface area contributed by atoms with Gasteiger partial charge in [-0.15, -0.1) is 0 Å². The summed E-state index contributed by atoms with van der Waals surface area (Å²) >= 11 is 0. The van der Waals surface area contributed by atoms with Crippen LogP contribution in [0.3, 0.4) is 0 Å². The highest BCUT2D eigenvalue weighted by Crippen LogP contribution is 2.22. The van der Waals surface area contributed by atoms with Gasteiger partial charge in [0.15, 0.2) is 0 Å². The van der Waals surface area contributed by atoms with E-state index in [2.05, 4.69) is 75.4 Å². The summed E-state index contributed by atoms with van der Waals surface area (Å²) in [4.78, 5) is 0. The van der Waals surface area contributed by atoms with Crippen LogP contribution in [0.1, 0.15) is 26.3 Å². The molecule has 0 aliphatic heterocycles. The summed E-state index contributed by atoms with van der Waals surface area (Å²) in [5, 5.41) is 2.63. The van der Waals surface area contributed by atoms with Crippen LogP contribution < -0.4 is 0 Å². The smallest absolute Gasteiger partial charge is 0.0112 e. The third kappa shape index (κ3) is 2.52. The van der Waals surface area contributed by atoms with Crippen molar-refractivity contribution < 1.29 is 0 Å². The van der Waals surface area contributed by atoms with E-state index in [1.165, 1.54) is 16.3 Å². The molecule has 0 heteroatoms. The number of fused-ring (bicyclic) bond motifs is 1. The number of benzene rings is 2. The second-order valence-electron chi connectivity index (χ2n) is 5.27. The Morgan fingerprint density at radius 2 is 1.56 bits per heavy atom. The lowest BCUT2D eigenvalue weighted by Crippen LogP contribution is -1.98. The lowest BCUT2D eigenvalue weighted by Gasteiger charge is -2.11. The van der Waals surface area contributed by atoms with Crippen LogP contribution in [0.4, 0.5) is 0 Å². The van der Waals surface area contributed by atoms with Gasteiger partial charge in [-0.25, -0.2) is 0 Å². The molecule has 0 saturated heterocycles. The third-order valence-electron chi connectivity index (χ3n) is 2.59. The Morgan fingerprint density at radius 3 is 2.31 bits per heavy atom. The molecular formula is C16H18. The molecule has 0 aliphatic carbocycles. The molecule has 0 amide bonds. The van der Waals surface area contributed by atoms with E-state index < -0.39 is 0 Å². The second kappa shape index (κ2) is 4.13. The molecule has 82 valence electrons. The third-order valence-corrected chi connectivity index (χ3v) is 2.59. The van der Waals surface area contributed by atoms with Gasteiger partial charge in [0, 0.05) is 0 Å². The van der Waals surface area contributed by atoms with Crippen molar-refractivity contribution >= 4 is 16.8 Å². The molecule has 0 N–H and O–H groups in total. The summed E-state index contributed by atoms with van der Waals surface area (Å²) in [6, 6.07) is 15.0. The molecule has 0 unspecified atom stereocenters. The topological polar surface area (TPSA) is 0 Å². The molecule has 0 saturated carbocycles. The quantitative estimate of drug-likeness (QED) is 0.628. The van der Waals surface area contributed by atoms with Crippen LogP contribution in [0, 0.1) is 5.41 Å².